The molecule has 1 heterocycles. The zero-order valence-electron chi connectivity index (χ0n) is 10.3. The molecular formula is C12H21N3O. The third-order valence-corrected chi connectivity index (χ3v) is 4.00. The average molecular weight is 223 g/mol. The highest BCUT2D eigenvalue weighted by molar-refractivity contribution is 4.94. The molecule has 1 aliphatic carbocycles. The standard InChI is InChI=1S/C12H21N3O/c1-12(2)6-4-5-9(12)10(16)7-11-13-8-14-15(11)3/h8-10,16H,4-7H2,1-3H3. The van der Waals surface area contributed by atoms with Crippen molar-refractivity contribution < 1.29 is 5.11 Å². The van der Waals surface area contributed by atoms with E-state index in [1.54, 1.807) is 11.0 Å². The number of hydrogen-bond donors (Lipinski definition) is 1. The first-order valence-electron chi connectivity index (χ1n) is 6.01. The van der Waals surface area contributed by atoms with Crippen LogP contribution in [0, 0.1) is 11.3 Å². The maximum Gasteiger partial charge on any atom is 0.138 e. The van der Waals surface area contributed by atoms with Crippen molar-refractivity contribution in [3.05, 3.63) is 12.2 Å². The Labute approximate surface area is 96.7 Å². The summed E-state index contributed by atoms with van der Waals surface area (Å²) in [6.07, 6.45) is 5.44. The van der Waals surface area contributed by atoms with Crippen LogP contribution >= 0.6 is 0 Å². The van der Waals surface area contributed by atoms with E-state index in [2.05, 4.69) is 23.9 Å². The molecule has 16 heavy (non-hydrogen) atoms. The average Bonchev–Trinajstić information content (AvgIpc) is 2.73. The van der Waals surface area contributed by atoms with Gasteiger partial charge in [-0.2, -0.15) is 5.10 Å². The monoisotopic (exact) mass is 223 g/mol. The maximum atomic E-state index is 10.3. The van der Waals surface area contributed by atoms with Crippen LogP contribution in [0.25, 0.3) is 0 Å². The van der Waals surface area contributed by atoms with Gasteiger partial charge in [0.05, 0.1) is 6.10 Å². The zero-order chi connectivity index (χ0) is 11.8. The first-order valence-corrected chi connectivity index (χ1v) is 6.01. The van der Waals surface area contributed by atoms with Crippen molar-refractivity contribution in [3.8, 4) is 0 Å². The number of rotatable bonds is 3. The largest absolute Gasteiger partial charge is 0.392 e. The van der Waals surface area contributed by atoms with Crippen molar-refractivity contribution >= 4 is 0 Å². The van der Waals surface area contributed by atoms with Crippen molar-refractivity contribution in [2.45, 2.75) is 45.6 Å². The number of aromatic nitrogens is 3. The van der Waals surface area contributed by atoms with E-state index in [1.165, 1.54) is 12.8 Å². The number of aliphatic hydroxyl groups excluding tert-OH is 1. The lowest BCUT2D eigenvalue weighted by Crippen LogP contribution is -2.32. The Hall–Kier alpha value is -0.900. The van der Waals surface area contributed by atoms with Gasteiger partial charge in [-0.15, -0.1) is 0 Å². The van der Waals surface area contributed by atoms with E-state index in [0.29, 0.717) is 12.3 Å². The molecule has 4 nitrogen and oxygen atoms in total. The minimum absolute atomic E-state index is 0.262. The van der Waals surface area contributed by atoms with Gasteiger partial charge < -0.3 is 5.11 Å². The summed E-state index contributed by atoms with van der Waals surface area (Å²) in [6, 6.07) is 0. The van der Waals surface area contributed by atoms with Crippen molar-refractivity contribution in [1.82, 2.24) is 14.8 Å². The molecule has 2 unspecified atom stereocenters. The molecule has 2 atom stereocenters. The van der Waals surface area contributed by atoms with Gasteiger partial charge in [0.15, 0.2) is 0 Å². The van der Waals surface area contributed by atoms with Gasteiger partial charge in [-0.25, -0.2) is 4.98 Å². The fourth-order valence-electron chi connectivity index (χ4n) is 2.90. The second kappa shape index (κ2) is 4.17. The molecule has 0 aromatic carbocycles. The minimum Gasteiger partial charge on any atom is -0.392 e. The van der Waals surface area contributed by atoms with Gasteiger partial charge in [-0.3, -0.25) is 4.68 Å². The van der Waals surface area contributed by atoms with E-state index in [-0.39, 0.29) is 11.5 Å². The van der Waals surface area contributed by atoms with E-state index in [4.69, 9.17) is 0 Å². The molecule has 0 spiro atoms. The smallest absolute Gasteiger partial charge is 0.138 e. The van der Waals surface area contributed by atoms with Crippen LogP contribution in [0.2, 0.25) is 0 Å². The highest BCUT2D eigenvalue weighted by atomic mass is 16.3. The van der Waals surface area contributed by atoms with Gasteiger partial charge in [0, 0.05) is 13.5 Å². The zero-order valence-corrected chi connectivity index (χ0v) is 10.3. The van der Waals surface area contributed by atoms with Crippen LogP contribution in [0.5, 0.6) is 0 Å². The molecule has 1 aliphatic rings. The van der Waals surface area contributed by atoms with E-state index in [1.807, 2.05) is 7.05 Å². The summed E-state index contributed by atoms with van der Waals surface area (Å²) in [4.78, 5) is 4.17. The highest BCUT2D eigenvalue weighted by Crippen LogP contribution is 2.44. The second-order valence-electron chi connectivity index (χ2n) is 5.56. The molecule has 0 bridgehead atoms. The number of aryl methyl sites for hydroxylation is 1. The fraction of sp³-hybridized carbons (Fsp3) is 0.833. The SMILES string of the molecule is Cn1ncnc1CC(O)C1CCCC1(C)C. The normalized spacial score (nSPS) is 25.9. The fourth-order valence-corrected chi connectivity index (χ4v) is 2.90. The van der Waals surface area contributed by atoms with Gasteiger partial charge in [0.1, 0.15) is 12.2 Å². The first-order chi connectivity index (χ1) is 7.50. The van der Waals surface area contributed by atoms with Gasteiger partial charge in [-0.1, -0.05) is 20.3 Å². The first kappa shape index (κ1) is 11.6. The molecule has 1 fully saturated rings. The van der Waals surface area contributed by atoms with Crippen LogP contribution in [-0.2, 0) is 13.5 Å². The third kappa shape index (κ3) is 2.12. The Morgan fingerprint density at radius 1 is 1.62 bits per heavy atom. The summed E-state index contributed by atoms with van der Waals surface area (Å²) in [6.45, 7) is 4.51. The summed E-state index contributed by atoms with van der Waals surface area (Å²) in [5.74, 6) is 1.26. The summed E-state index contributed by atoms with van der Waals surface area (Å²) in [7, 11) is 1.87. The molecule has 0 radical (unpaired) electrons. The molecule has 0 amide bonds. The van der Waals surface area contributed by atoms with Crippen molar-refractivity contribution in [2.24, 2.45) is 18.4 Å². The van der Waals surface area contributed by atoms with Crippen LogP contribution in [0.3, 0.4) is 0 Å². The Bertz CT molecular complexity index is 359. The molecule has 4 heteroatoms. The molecule has 0 saturated heterocycles. The Morgan fingerprint density at radius 2 is 2.38 bits per heavy atom. The second-order valence-corrected chi connectivity index (χ2v) is 5.56. The lowest BCUT2D eigenvalue weighted by molar-refractivity contribution is 0.0522. The molecule has 90 valence electrons. The van der Waals surface area contributed by atoms with E-state index >= 15 is 0 Å². The maximum absolute atomic E-state index is 10.3. The van der Waals surface area contributed by atoms with E-state index in [9.17, 15) is 5.11 Å². The molecule has 1 N–H and O–H groups in total. The van der Waals surface area contributed by atoms with Gasteiger partial charge in [0.25, 0.3) is 0 Å². The summed E-state index contributed by atoms with van der Waals surface area (Å²) >= 11 is 0. The summed E-state index contributed by atoms with van der Waals surface area (Å²) in [5, 5.41) is 14.3. The topological polar surface area (TPSA) is 50.9 Å². The van der Waals surface area contributed by atoms with Crippen LogP contribution in [-0.4, -0.2) is 26.0 Å². The molecule has 2 rings (SSSR count). The van der Waals surface area contributed by atoms with Gasteiger partial charge >= 0.3 is 0 Å². The van der Waals surface area contributed by atoms with Crippen LogP contribution in [0.1, 0.15) is 38.9 Å². The number of hydrogen-bond acceptors (Lipinski definition) is 3. The molecule has 0 aliphatic heterocycles. The van der Waals surface area contributed by atoms with Gasteiger partial charge in [-0.05, 0) is 24.2 Å². The molecule has 1 aromatic heterocycles. The van der Waals surface area contributed by atoms with Gasteiger partial charge in [0.2, 0.25) is 0 Å². The Kier molecular flexibility index (Phi) is 3.02. The molecule has 1 saturated carbocycles. The van der Waals surface area contributed by atoms with E-state index in [0.717, 1.165) is 12.2 Å². The van der Waals surface area contributed by atoms with Crippen LogP contribution in [0.4, 0.5) is 0 Å². The lowest BCUT2D eigenvalue weighted by Gasteiger charge is -2.30. The predicted molar refractivity (Wildman–Crippen MR) is 61.8 cm³/mol. The summed E-state index contributed by atoms with van der Waals surface area (Å²) < 4.78 is 1.74. The predicted octanol–water partition coefficient (Wildman–Crippen LogP) is 1.54. The van der Waals surface area contributed by atoms with Crippen LogP contribution < -0.4 is 0 Å². The van der Waals surface area contributed by atoms with Crippen molar-refractivity contribution in [2.75, 3.05) is 0 Å². The molecule has 1 aromatic rings. The summed E-state index contributed by atoms with van der Waals surface area (Å²) in [5.41, 5.74) is 0.262. The van der Waals surface area contributed by atoms with Crippen molar-refractivity contribution in [3.63, 3.8) is 0 Å². The highest BCUT2D eigenvalue weighted by Gasteiger charge is 2.39. The number of nitrogens with zero attached hydrogens (tertiary/aromatic N) is 3. The van der Waals surface area contributed by atoms with Crippen LogP contribution in [0.15, 0.2) is 6.33 Å². The molecular weight excluding hydrogens is 202 g/mol. The van der Waals surface area contributed by atoms with E-state index < -0.39 is 0 Å². The quantitative estimate of drug-likeness (QED) is 0.845. The Balaban J connectivity index is 2.03. The van der Waals surface area contributed by atoms with Crippen molar-refractivity contribution in [1.29, 1.82) is 0 Å². The Morgan fingerprint density at radius 3 is 2.88 bits per heavy atom. The third-order valence-electron chi connectivity index (χ3n) is 4.00. The lowest BCUT2D eigenvalue weighted by atomic mass is 9.78. The number of aliphatic hydroxyl groups is 1. The minimum atomic E-state index is -0.291.